The second-order valence-electron chi connectivity index (χ2n) is 4.48. The number of hydrogen-bond donors (Lipinski definition) is 0. The lowest BCUT2D eigenvalue weighted by Crippen LogP contribution is -2.08. The number of benzene rings is 2. The maximum atomic E-state index is 3.12. The zero-order chi connectivity index (χ0) is 12.1. The summed E-state index contributed by atoms with van der Waals surface area (Å²) in [6.07, 6.45) is 2.16. The molecule has 0 saturated carbocycles. The molecule has 1 heteroatoms. The molecule has 0 aromatic heterocycles. The Labute approximate surface area is 104 Å². The van der Waals surface area contributed by atoms with Crippen LogP contribution in [-0.4, -0.2) is 14.1 Å². The number of hydrogen-bond acceptors (Lipinski definition) is 1. The van der Waals surface area contributed by atoms with Gasteiger partial charge in [-0.2, -0.15) is 0 Å². The summed E-state index contributed by atoms with van der Waals surface area (Å²) in [4.78, 5) is 2.14. The van der Waals surface area contributed by atoms with Crippen molar-refractivity contribution in [1.82, 2.24) is 0 Å². The number of rotatable bonds is 4. The first-order valence-corrected chi connectivity index (χ1v) is 5.97. The third-order valence-corrected chi connectivity index (χ3v) is 2.90. The van der Waals surface area contributed by atoms with E-state index in [4.69, 9.17) is 0 Å². The second kappa shape index (κ2) is 5.53. The van der Waals surface area contributed by atoms with E-state index in [0.717, 1.165) is 12.8 Å². The summed E-state index contributed by atoms with van der Waals surface area (Å²) in [6, 6.07) is 20.0. The van der Waals surface area contributed by atoms with Crippen LogP contribution in [0.4, 0.5) is 5.69 Å². The molecule has 0 aliphatic rings. The third kappa shape index (κ3) is 3.35. The topological polar surface area (TPSA) is 3.24 Å². The first-order valence-electron chi connectivity index (χ1n) is 5.97. The summed E-state index contributed by atoms with van der Waals surface area (Å²) < 4.78 is 0. The Bertz CT molecular complexity index is 460. The minimum atomic E-state index is 1.08. The second-order valence-corrected chi connectivity index (χ2v) is 4.48. The summed E-state index contributed by atoms with van der Waals surface area (Å²) in [7, 11) is 4.15. The van der Waals surface area contributed by atoms with E-state index in [1.165, 1.54) is 16.8 Å². The molecule has 87 valence electrons. The maximum absolute atomic E-state index is 3.12. The first-order chi connectivity index (χ1) is 8.25. The zero-order valence-electron chi connectivity index (χ0n) is 10.5. The SMILES string of the molecule is CN(C)c1cccc(CCc2c[c]ccc2)c1. The van der Waals surface area contributed by atoms with E-state index in [0.29, 0.717) is 0 Å². The van der Waals surface area contributed by atoms with Crippen molar-refractivity contribution in [2.75, 3.05) is 19.0 Å². The largest absolute Gasteiger partial charge is 0.378 e. The highest BCUT2D eigenvalue weighted by atomic mass is 15.1. The Morgan fingerprint density at radius 1 is 1.00 bits per heavy atom. The van der Waals surface area contributed by atoms with Crippen molar-refractivity contribution in [1.29, 1.82) is 0 Å². The molecule has 0 fully saturated rings. The molecular formula is C16H18N. The van der Waals surface area contributed by atoms with Gasteiger partial charge in [0.05, 0.1) is 0 Å². The van der Waals surface area contributed by atoms with Crippen LogP contribution in [0.3, 0.4) is 0 Å². The molecule has 0 atom stereocenters. The van der Waals surface area contributed by atoms with E-state index in [9.17, 15) is 0 Å². The van der Waals surface area contributed by atoms with Crippen LogP contribution in [0.2, 0.25) is 0 Å². The van der Waals surface area contributed by atoms with Crippen molar-refractivity contribution in [3.8, 4) is 0 Å². The van der Waals surface area contributed by atoms with Gasteiger partial charge in [0.1, 0.15) is 0 Å². The van der Waals surface area contributed by atoms with Gasteiger partial charge in [0.15, 0.2) is 0 Å². The van der Waals surface area contributed by atoms with Crippen LogP contribution in [0.25, 0.3) is 0 Å². The van der Waals surface area contributed by atoms with Crippen molar-refractivity contribution in [3.05, 3.63) is 65.7 Å². The molecule has 1 nitrogen and oxygen atoms in total. The molecule has 0 heterocycles. The van der Waals surface area contributed by atoms with Gasteiger partial charge in [-0.25, -0.2) is 0 Å². The lowest BCUT2D eigenvalue weighted by Gasteiger charge is -2.13. The fourth-order valence-corrected chi connectivity index (χ4v) is 1.86. The van der Waals surface area contributed by atoms with E-state index in [2.05, 4.69) is 61.5 Å². The molecule has 17 heavy (non-hydrogen) atoms. The van der Waals surface area contributed by atoms with Gasteiger partial charge < -0.3 is 4.90 Å². The van der Waals surface area contributed by atoms with E-state index >= 15 is 0 Å². The molecule has 0 N–H and O–H groups in total. The van der Waals surface area contributed by atoms with Crippen LogP contribution < -0.4 is 4.90 Å². The van der Waals surface area contributed by atoms with Gasteiger partial charge in [0, 0.05) is 19.8 Å². The molecular weight excluding hydrogens is 206 g/mol. The molecule has 0 unspecified atom stereocenters. The molecule has 0 spiro atoms. The molecule has 1 radical (unpaired) electrons. The van der Waals surface area contributed by atoms with Gasteiger partial charge in [-0.1, -0.05) is 36.4 Å². The maximum Gasteiger partial charge on any atom is 0.0363 e. The summed E-state index contributed by atoms with van der Waals surface area (Å²) in [6.45, 7) is 0. The highest BCUT2D eigenvalue weighted by Gasteiger charge is 1.98. The van der Waals surface area contributed by atoms with Gasteiger partial charge >= 0.3 is 0 Å². The third-order valence-electron chi connectivity index (χ3n) is 2.90. The van der Waals surface area contributed by atoms with E-state index in [1.54, 1.807) is 0 Å². The molecule has 0 amide bonds. The molecule has 0 aliphatic heterocycles. The monoisotopic (exact) mass is 224 g/mol. The zero-order valence-corrected chi connectivity index (χ0v) is 10.5. The molecule has 0 saturated heterocycles. The molecule has 0 aliphatic carbocycles. The van der Waals surface area contributed by atoms with Crippen LogP contribution >= 0.6 is 0 Å². The number of aryl methyl sites for hydroxylation is 2. The normalized spacial score (nSPS) is 10.2. The van der Waals surface area contributed by atoms with Crippen molar-refractivity contribution in [2.45, 2.75) is 12.8 Å². The van der Waals surface area contributed by atoms with Gasteiger partial charge in [-0.15, -0.1) is 0 Å². The standard InChI is InChI=1S/C16H18N/c1-17(2)16-10-6-9-15(13-16)12-11-14-7-4-3-5-8-14/h3-4,6-10,13H,11-12H2,1-2H3. The average molecular weight is 224 g/mol. The molecule has 2 aromatic carbocycles. The van der Waals surface area contributed by atoms with Gasteiger partial charge in [0.25, 0.3) is 0 Å². The predicted octanol–water partition coefficient (Wildman–Crippen LogP) is 3.34. The predicted molar refractivity (Wildman–Crippen MR) is 73.5 cm³/mol. The fourth-order valence-electron chi connectivity index (χ4n) is 1.86. The Morgan fingerprint density at radius 2 is 1.76 bits per heavy atom. The molecule has 2 aromatic rings. The summed E-state index contributed by atoms with van der Waals surface area (Å²) in [5, 5.41) is 0. The lowest BCUT2D eigenvalue weighted by atomic mass is 10.0. The summed E-state index contributed by atoms with van der Waals surface area (Å²) >= 11 is 0. The minimum Gasteiger partial charge on any atom is -0.378 e. The Hall–Kier alpha value is -1.76. The van der Waals surface area contributed by atoms with Crippen molar-refractivity contribution in [2.24, 2.45) is 0 Å². The first kappa shape index (κ1) is 11.7. The number of anilines is 1. The van der Waals surface area contributed by atoms with E-state index in [1.807, 2.05) is 12.1 Å². The fraction of sp³-hybridized carbons (Fsp3) is 0.250. The summed E-state index contributed by atoms with van der Waals surface area (Å²) in [5.41, 5.74) is 4.00. The quantitative estimate of drug-likeness (QED) is 0.770. The molecule has 0 bridgehead atoms. The summed E-state index contributed by atoms with van der Waals surface area (Å²) in [5.74, 6) is 0. The van der Waals surface area contributed by atoms with E-state index in [-0.39, 0.29) is 0 Å². The minimum absolute atomic E-state index is 1.08. The van der Waals surface area contributed by atoms with Gasteiger partial charge in [-0.05, 0) is 42.2 Å². The van der Waals surface area contributed by atoms with Crippen LogP contribution in [-0.2, 0) is 12.8 Å². The van der Waals surface area contributed by atoms with Gasteiger partial charge in [0.2, 0.25) is 0 Å². The van der Waals surface area contributed by atoms with Crippen molar-refractivity contribution in [3.63, 3.8) is 0 Å². The smallest absolute Gasteiger partial charge is 0.0363 e. The van der Waals surface area contributed by atoms with Crippen LogP contribution in [0.1, 0.15) is 11.1 Å². The van der Waals surface area contributed by atoms with E-state index < -0.39 is 0 Å². The van der Waals surface area contributed by atoms with Crippen molar-refractivity contribution < 1.29 is 0 Å². The Morgan fingerprint density at radius 3 is 2.47 bits per heavy atom. The number of nitrogens with zero attached hydrogens (tertiary/aromatic N) is 1. The van der Waals surface area contributed by atoms with Crippen LogP contribution in [0.5, 0.6) is 0 Å². The highest BCUT2D eigenvalue weighted by molar-refractivity contribution is 5.47. The highest BCUT2D eigenvalue weighted by Crippen LogP contribution is 2.15. The Kier molecular flexibility index (Phi) is 3.81. The van der Waals surface area contributed by atoms with Crippen LogP contribution in [0, 0.1) is 6.07 Å². The molecule has 2 rings (SSSR count). The van der Waals surface area contributed by atoms with Gasteiger partial charge in [-0.3, -0.25) is 0 Å². The van der Waals surface area contributed by atoms with Crippen molar-refractivity contribution >= 4 is 5.69 Å². The Balaban J connectivity index is 2.02. The lowest BCUT2D eigenvalue weighted by molar-refractivity contribution is 0.957. The van der Waals surface area contributed by atoms with Crippen LogP contribution in [0.15, 0.2) is 48.5 Å². The average Bonchev–Trinajstić information content (AvgIpc) is 2.38.